The third-order valence-corrected chi connectivity index (χ3v) is 8.16. The van der Waals surface area contributed by atoms with E-state index >= 15 is 0 Å². The summed E-state index contributed by atoms with van der Waals surface area (Å²) in [5.74, 6) is 0. The Balaban J connectivity index is 1.65. The lowest BCUT2D eigenvalue weighted by atomic mass is 9.83. The van der Waals surface area contributed by atoms with Crippen molar-refractivity contribution in [1.29, 1.82) is 0 Å². The van der Waals surface area contributed by atoms with E-state index in [1.54, 1.807) is 0 Å². The van der Waals surface area contributed by atoms with Crippen LogP contribution >= 0.6 is 0 Å². The van der Waals surface area contributed by atoms with Crippen molar-refractivity contribution in [1.82, 2.24) is 0 Å². The summed E-state index contributed by atoms with van der Waals surface area (Å²) < 4.78 is 0. The average molecular weight is 461 g/mol. The number of rotatable bonds is 2. The van der Waals surface area contributed by atoms with Gasteiger partial charge in [-0.2, -0.15) is 0 Å². The van der Waals surface area contributed by atoms with Crippen LogP contribution in [0.25, 0.3) is 65.3 Å². The predicted octanol–water partition coefficient (Wildman–Crippen LogP) is 10.3. The molecule has 0 aliphatic heterocycles. The van der Waals surface area contributed by atoms with Gasteiger partial charge in [0.2, 0.25) is 0 Å². The van der Waals surface area contributed by atoms with Crippen LogP contribution in [0.1, 0.15) is 22.3 Å². The van der Waals surface area contributed by atoms with Crippen molar-refractivity contribution in [2.24, 2.45) is 0 Å². The zero-order valence-corrected chi connectivity index (χ0v) is 21.2. The molecule has 0 aliphatic carbocycles. The Morgan fingerprint density at radius 3 is 1.00 bits per heavy atom. The molecule has 0 saturated carbocycles. The molecular formula is C36H28. The number of hydrogen-bond donors (Lipinski definition) is 0. The lowest BCUT2D eigenvalue weighted by molar-refractivity contribution is 1.38. The Hall–Kier alpha value is -4.16. The molecule has 7 aromatic rings. The largest absolute Gasteiger partial charge is 0.0617 e. The highest BCUT2D eigenvalue weighted by molar-refractivity contribution is 6.35. The van der Waals surface area contributed by atoms with Gasteiger partial charge >= 0.3 is 0 Å². The van der Waals surface area contributed by atoms with Crippen molar-refractivity contribution < 1.29 is 0 Å². The smallest absolute Gasteiger partial charge is 0.00201 e. The molecule has 7 rings (SSSR count). The molecule has 0 N–H and O–H groups in total. The van der Waals surface area contributed by atoms with Crippen LogP contribution in [-0.2, 0) is 0 Å². The van der Waals surface area contributed by atoms with Gasteiger partial charge in [-0.05, 0) is 115 Å². The van der Waals surface area contributed by atoms with Crippen LogP contribution in [-0.4, -0.2) is 0 Å². The van der Waals surface area contributed by atoms with Gasteiger partial charge in [0.1, 0.15) is 0 Å². The molecule has 0 radical (unpaired) electrons. The van der Waals surface area contributed by atoms with Gasteiger partial charge in [-0.15, -0.1) is 0 Å². The molecule has 0 fully saturated rings. The van der Waals surface area contributed by atoms with Gasteiger partial charge in [0.25, 0.3) is 0 Å². The lowest BCUT2D eigenvalue weighted by Gasteiger charge is -2.20. The molecule has 0 nitrogen and oxygen atoms in total. The summed E-state index contributed by atoms with van der Waals surface area (Å²) in [6, 6.07) is 36.3. The molecule has 0 bridgehead atoms. The Bertz CT molecular complexity index is 1760. The van der Waals surface area contributed by atoms with Gasteiger partial charge in [0, 0.05) is 0 Å². The Kier molecular flexibility index (Phi) is 4.51. The van der Waals surface area contributed by atoms with Crippen molar-refractivity contribution in [2.45, 2.75) is 27.7 Å². The summed E-state index contributed by atoms with van der Waals surface area (Å²) in [7, 11) is 0. The standard InChI is InChI=1S/C36H28/c1-21-9-5-10-22(2)33(21)29-17-19-31-32-20-18-30(34-23(3)11-6-12-24(34)4)28-16-8-14-26(36(28)32)25-13-7-15-27(29)35(25)31/h5-20H,1-4H3. The number of hydrogen-bond acceptors (Lipinski definition) is 0. The van der Waals surface area contributed by atoms with Crippen molar-refractivity contribution in [2.75, 3.05) is 0 Å². The quantitative estimate of drug-likeness (QED) is 0.178. The normalized spacial score (nSPS) is 11.9. The SMILES string of the molecule is Cc1cccc(C)c1-c1ccc2c3ccc(-c4c(C)cccc4C)c4cccc(c5cccc1c52)c43. The molecule has 0 heteroatoms. The zero-order chi connectivity index (χ0) is 24.6. The lowest BCUT2D eigenvalue weighted by Crippen LogP contribution is -1.94. The molecule has 0 saturated heterocycles. The Morgan fingerprint density at radius 2 is 0.611 bits per heavy atom. The van der Waals surface area contributed by atoms with Gasteiger partial charge in [0.15, 0.2) is 0 Å². The topological polar surface area (TPSA) is 0 Å². The molecule has 0 atom stereocenters. The molecule has 0 heterocycles. The minimum Gasteiger partial charge on any atom is -0.0617 e. The van der Waals surface area contributed by atoms with Crippen LogP contribution in [0.15, 0.2) is 97.1 Å². The highest BCUT2D eigenvalue weighted by atomic mass is 14.2. The highest BCUT2D eigenvalue weighted by Crippen LogP contribution is 2.46. The molecule has 0 aromatic heterocycles. The first-order valence-electron chi connectivity index (χ1n) is 12.8. The van der Waals surface area contributed by atoms with Gasteiger partial charge in [-0.1, -0.05) is 97.1 Å². The fraction of sp³-hybridized carbons (Fsp3) is 0.111. The second kappa shape index (κ2) is 7.67. The van der Waals surface area contributed by atoms with Crippen LogP contribution in [0, 0.1) is 27.7 Å². The Labute approximate surface area is 212 Å². The summed E-state index contributed by atoms with van der Waals surface area (Å²) >= 11 is 0. The Morgan fingerprint density at radius 1 is 0.306 bits per heavy atom. The van der Waals surface area contributed by atoms with E-state index in [0.717, 1.165) is 0 Å². The molecule has 36 heavy (non-hydrogen) atoms. The van der Waals surface area contributed by atoms with Crippen LogP contribution in [0.4, 0.5) is 0 Å². The third-order valence-electron chi connectivity index (χ3n) is 8.16. The van der Waals surface area contributed by atoms with E-state index < -0.39 is 0 Å². The van der Waals surface area contributed by atoms with Crippen LogP contribution < -0.4 is 0 Å². The molecule has 0 spiro atoms. The zero-order valence-electron chi connectivity index (χ0n) is 21.2. The average Bonchev–Trinajstić information content (AvgIpc) is 2.88. The van der Waals surface area contributed by atoms with E-state index in [0.29, 0.717) is 0 Å². The van der Waals surface area contributed by atoms with Gasteiger partial charge in [0.05, 0.1) is 0 Å². The fourth-order valence-corrected chi connectivity index (χ4v) is 6.63. The minimum absolute atomic E-state index is 1.33. The van der Waals surface area contributed by atoms with Gasteiger partial charge in [-0.25, -0.2) is 0 Å². The maximum atomic E-state index is 2.36. The second-order valence-electron chi connectivity index (χ2n) is 10.3. The first kappa shape index (κ1) is 21.1. The van der Waals surface area contributed by atoms with E-state index in [-0.39, 0.29) is 0 Å². The fourth-order valence-electron chi connectivity index (χ4n) is 6.63. The van der Waals surface area contributed by atoms with Crippen LogP contribution in [0.3, 0.4) is 0 Å². The van der Waals surface area contributed by atoms with E-state index in [4.69, 9.17) is 0 Å². The summed E-state index contributed by atoms with van der Waals surface area (Å²) in [6.45, 7) is 8.90. The van der Waals surface area contributed by atoms with Crippen molar-refractivity contribution in [3.05, 3.63) is 119 Å². The molecular weight excluding hydrogens is 432 g/mol. The monoisotopic (exact) mass is 460 g/mol. The minimum atomic E-state index is 1.33. The van der Waals surface area contributed by atoms with E-state index in [2.05, 4.69) is 125 Å². The number of fused-ring (bicyclic) bond motifs is 2. The molecule has 0 amide bonds. The first-order chi connectivity index (χ1) is 17.5. The van der Waals surface area contributed by atoms with Crippen molar-refractivity contribution in [3.63, 3.8) is 0 Å². The molecule has 172 valence electrons. The highest BCUT2D eigenvalue weighted by Gasteiger charge is 2.18. The second-order valence-corrected chi connectivity index (χ2v) is 10.3. The van der Waals surface area contributed by atoms with E-state index in [1.165, 1.54) is 87.6 Å². The summed E-state index contributed by atoms with van der Waals surface area (Å²) in [4.78, 5) is 0. The maximum Gasteiger partial charge on any atom is -0.00201 e. The van der Waals surface area contributed by atoms with Gasteiger partial charge in [-0.3, -0.25) is 0 Å². The number of benzene rings is 7. The summed E-state index contributed by atoms with van der Waals surface area (Å²) in [5.41, 5.74) is 10.7. The molecule has 0 aliphatic rings. The number of aryl methyl sites for hydroxylation is 4. The van der Waals surface area contributed by atoms with Crippen molar-refractivity contribution >= 4 is 43.1 Å². The molecule has 7 aromatic carbocycles. The molecule has 0 unspecified atom stereocenters. The first-order valence-corrected chi connectivity index (χ1v) is 12.8. The van der Waals surface area contributed by atoms with Crippen LogP contribution in [0.2, 0.25) is 0 Å². The summed E-state index contributed by atoms with van der Waals surface area (Å²) in [5, 5.41) is 10.8. The summed E-state index contributed by atoms with van der Waals surface area (Å²) in [6.07, 6.45) is 0. The van der Waals surface area contributed by atoms with E-state index in [9.17, 15) is 0 Å². The van der Waals surface area contributed by atoms with Crippen molar-refractivity contribution in [3.8, 4) is 22.3 Å². The predicted molar refractivity (Wildman–Crippen MR) is 157 cm³/mol. The van der Waals surface area contributed by atoms with Crippen LogP contribution in [0.5, 0.6) is 0 Å². The van der Waals surface area contributed by atoms with Gasteiger partial charge < -0.3 is 0 Å². The third kappa shape index (κ3) is 2.82. The van der Waals surface area contributed by atoms with E-state index in [1.807, 2.05) is 0 Å². The maximum absolute atomic E-state index is 2.36.